The molecule has 1 aromatic carbocycles. The van der Waals surface area contributed by atoms with Crippen LogP contribution in [0, 0.1) is 23.4 Å². The smallest absolute Gasteiger partial charge is 0.407 e. The number of hydrogen-bond acceptors (Lipinski definition) is 2. The Morgan fingerprint density at radius 2 is 1.78 bits per heavy atom. The second-order valence-corrected chi connectivity index (χ2v) is 7.62. The lowest BCUT2D eigenvalue weighted by Crippen LogP contribution is -2.49. The van der Waals surface area contributed by atoms with E-state index in [1.165, 1.54) is 0 Å². The van der Waals surface area contributed by atoms with E-state index in [0.717, 1.165) is 31.4 Å². The lowest BCUT2D eigenvalue weighted by atomic mass is 9.64. The van der Waals surface area contributed by atoms with Crippen LogP contribution in [-0.2, 0) is 10.2 Å². The van der Waals surface area contributed by atoms with Gasteiger partial charge in [0.15, 0.2) is 17.5 Å². The molecule has 3 saturated carbocycles. The molecule has 1 atom stereocenters. The number of amides is 1. The van der Waals surface area contributed by atoms with E-state index in [9.17, 15) is 18.0 Å². The van der Waals surface area contributed by atoms with Gasteiger partial charge in [0.2, 0.25) is 0 Å². The molecule has 0 heterocycles. The van der Waals surface area contributed by atoms with Crippen molar-refractivity contribution in [1.82, 2.24) is 5.32 Å². The first kappa shape index (κ1) is 16.1. The number of hydrogen-bond donors (Lipinski definition) is 1. The van der Waals surface area contributed by atoms with Gasteiger partial charge in [0, 0.05) is 11.5 Å². The van der Waals surface area contributed by atoms with E-state index in [4.69, 9.17) is 4.74 Å². The predicted molar refractivity (Wildman–Crippen MR) is 78.5 cm³/mol. The van der Waals surface area contributed by atoms with Gasteiger partial charge in [-0.25, -0.2) is 18.0 Å². The first-order chi connectivity index (χ1) is 10.6. The lowest BCUT2D eigenvalue weighted by molar-refractivity contribution is 0.0483. The molecule has 0 saturated heterocycles. The quantitative estimate of drug-likeness (QED) is 0.832. The molecule has 3 aliphatic rings. The Kier molecular flexibility index (Phi) is 3.61. The van der Waals surface area contributed by atoms with Crippen molar-refractivity contribution in [3.63, 3.8) is 0 Å². The maximum Gasteiger partial charge on any atom is 0.407 e. The molecule has 3 aliphatic carbocycles. The van der Waals surface area contributed by atoms with Crippen LogP contribution >= 0.6 is 0 Å². The van der Waals surface area contributed by atoms with Gasteiger partial charge in [0.25, 0.3) is 0 Å². The van der Waals surface area contributed by atoms with Crippen molar-refractivity contribution in [3.05, 3.63) is 35.1 Å². The fourth-order valence-corrected chi connectivity index (χ4v) is 3.91. The highest BCUT2D eigenvalue weighted by Gasteiger charge is 2.59. The molecular weight excluding hydrogens is 307 g/mol. The van der Waals surface area contributed by atoms with Crippen molar-refractivity contribution in [3.8, 4) is 0 Å². The molecule has 1 amide bonds. The Hall–Kier alpha value is -1.72. The average molecular weight is 327 g/mol. The molecule has 1 unspecified atom stereocenters. The van der Waals surface area contributed by atoms with Crippen molar-refractivity contribution in [2.75, 3.05) is 0 Å². The van der Waals surface area contributed by atoms with Crippen molar-refractivity contribution in [1.29, 1.82) is 0 Å². The van der Waals surface area contributed by atoms with E-state index < -0.39 is 34.6 Å². The normalized spacial score (nSPS) is 29.1. The van der Waals surface area contributed by atoms with Crippen LogP contribution in [0.2, 0.25) is 0 Å². The molecule has 0 radical (unpaired) electrons. The maximum atomic E-state index is 13.6. The van der Waals surface area contributed by atoms with Gasteiger partial charge < -0.3 is 10.1 Å². The summed E-state index contributed by atoms with van der Waals surface area (Å²) in [5.74, 6) is -3.44. The van der Waals surface area contributed by atoms with E-state index >= 15 is 0 Å². The lowest BCUT2D eigenvalue weighted by Gasteiger charge is -2.42. The second kappa shape index (κ2) is 5.14. The summed E-state index contributed by atoms with van der Waals surface area (Å²) in [7, 11) is 0. The van der Waals surface area contributed by atoms with Crippen molar-refractivity contribution in [2.45, 2.75) is 57.1 Å². The van der Waals surface area contributed by atoms with Crippen LogP contribution in [0.1, 0.15) is 45.6 Å². The van der Waals surface area contributed by atoms with Crippen molar-refractivity contribution < 1.29 is 22.7 Å². The molecule has 4 rings (SSSR count). The Morgan fingerprint density at radius 3 is 2.30 bits per heavy atom. The largest absolute Gasteiger partial charge is 0.444 e. The molecule has 2 bridgehead atoms. The molecular formula is C17H20F3NO2. The zero-order valence-corrected chi connectivity index (χ0v) is 13.4. The highest BCUT2D eigenvalue weighted by molar-refractivity contribution is 5.69. The summed E-state index contributed by atoms with van der Waals surface area (Å²) >= 11 is 0. The first-order valence-electron chi connectivity index (χ1n) is 7.75. The minimum Gasteiger partial charge on any atom is -0.444 e. The van der Waals surface area contributed by atoms with Gasteiger partial charge in [-0.05, 0) is 63.6 Å². The highest BCUT2D eigenvalue weighted by atomic mass is 19.2. The summed E-state index contributed by atoms with van der Waals surface area (Å²) in [5, 5.41) is 2.82. The number of halogens is 3. The molecule has 0 aliphatic heterocycles. The summed E-state index contributed by atoms with van der Waals surface area (Å²) in [6, 6.07) is 1.83. The second-order valence-electron chi connectivity index (χ2n) is 7.62. The third kappa shape index (κ3) is 2.79. The Morgan fingerprint density at radius 1 is 1.22 bits per heavy atom. The summed E-state index contributed by atoms with van der Waals surface area (Å²) in [6.45, 7) is 5.30. The number of carbonyl (C=O) groups is 1. The van der Waals surface area contributed by atoms with Gasteiger partial charge in [-0.3, -0.25) is 0 Å². The van der Waals surface area contributed by atoms with Crippen LogP contribution in [0.3, 0.4) is 0 Å². The number of nitrogens with one attached hydrogen (secondary N) is 1. The van der Waals surface area contributed by atoms with Crippen molar-refractivity contribution in [2.24, 2.45) is 5.92 Å². The molecule has 0 spiro atoms. The predicted octanol–water partition coefficient (Wildman–Crippen LogP) is 4.05. The molecule has 3 fully saturated rings. The van der Waals surface area contributed by atoms with Crippen LogP contribution < -0.4 is 5.32 Å². The highest BCUT2D eigenvalue weighted by Crippen LogP contribution is 2.60. The van der Waals surface area contributed by atoms with E-state index in [1.54, 1.807) is 20.8 Å². The van der Waals surface area contributed by atoms with Gasteiger partial charge in [0.05, 0.1) is 0 Å². The number of rotatable bonds is 2. The van der Waals surface area contributed by atoms with Gasteiger partial charge in [0.1, 0.15) is 5.60 Å². The standard InChI is InChI=1S/C17H20F3NO2/c1-16(2,3)23-15(22)21-13-4-9-7-17(13,8-9)10-5-11(18)14(20)12(19)6-10/h5-6,9,13H,4,7-8H2,1-3H3,(H,21,22). The van der Waals surface area contributed by atoms with Crippen LogP contribution in [0.15, 0.2) is 12.1 Å². The van der Waals surface area contributed by atoms with Crippen LogP contribution in [0.5, 0.6) is 0 Å². The van der Waals surface area contributed by atoms with Crippen molar-refractivity contribution >= 4 is 6.09 Å². The Bertz CT molecular complexity index is 625. The van der Waals surface area contributed by atoms with E-state index in [2.05, 4.69) is 5.32 Å². The van der Waals surface area contributed by atoms with Gasteiger partial charge in [-0.15, -0.1) is 0 Å². The number of benzene rings is 1. The Labute approximate surface area is 133 Å². The Balaban J connectivity index is 1.83. The summed E-state index contributed by atoms with van der Waals surface area (Å²) in [4.78, 5) is 12.0. The molecule has 6 heteroatoms. The molecule has 1 N–H and O–H groups in total. The number of fused-ring (bicyclic) bond motifs is 1. The van der Waals surface area contributed by atoms with Gasteiger partial charge in [-0.2, -0.15) is 0 Å². The van der Waals surface area contributed by atoms with E-state index in [-0.39, 0.29) is 6.04 Å². The summed E-state index contributed by atoms with van der Waals surface area (Å²) in [6.07, 6.45) is 1.66. The topological polar surface area (TPSA) is 38.3 Å². The minimum atomic E-state index is -1.46. The third-order valence-corrected chi connectivity index (χ3v) is 4.79. The molecule has 1 aromatic rings. The fraction of sp³-hybridized carbons (Fsp3) is 0.588. The van der Waals surface area contributed by atoms with Crippen LogP contribution in [0.25, 0.3) is 0 Å². The molecule has 126 valence electrons. The fourth-order valence-electron chi connectivity index (χ4n) is 3.91. The van der Waals surface area contributed by atoms with Gasteiger partial charge in [-0.1, -0.05) is 0 Å². The average Bonchev–Trinajstić information content (AvgIpc) is 2.86. The molecule has 0 aromatic heterocycles. The van der Waals surface area contributed by atoms with E-state index in [1.807, 2.05) is 0 Å². The minimum absolute atomic E-state index is 0.258. The van der Waals surface area contributed by atoms with Gasteiger partial charge >= 0.3 is 6.09 Å². The number of carbonyl (C=O) groups excluding carboxylic acids is 1. The summed E-state index contributed by atoms with van der Waals surface area (Å²) in [5.41, 5.74) is -0.743. The number of alkyl carbamates (subject to hydrolysis) is 1. The number of ether oxygens (including phenoxy) is 1. The third-order valence-electron chi connectivity index (χ3n) is 4.79. The first-order valence-corrected chi connectivity index (χ1v) is 7.75. The van der Waals surface area contributed by atoms with Crippen LogP contribution in [0.4, 0.5) is 18.0 Å². The monoisotopic (exact) mass is 327 g/mol. The SMILES string of the molecule is CC(C)(C)OC(=O)NC1CC2CC1(c1cc(F)c(F)c(F)c1)C2. The molecule has 23 heavy (non-hydrogen) atoms. The zero-order valence-electron chi connectivity index (χ0n) is 13.4. The zero-order chi connectivity index (χ0) is 17.0. The molecule has 3 nitrogen and oxygen atoms in total. The summed E-state index contributed by atoms with van der Waals surface area (Å²) < 4.78 is 45.6. The van der Waals surface area contributed by atoms with Crippen LogP contribution in [-0.4, -0.2) is 17.7 Å². The van der Waals surface area contributed by atoms with E-state index in [0.29, 0.717) is 11.5 Å². The maximum absolute atomic E-state index is 13.6.